The van der Waals surface area contributed by atoms with E-state index < -0.39 is 17.7 Å². The Bertz CT molecular complexity index is 356. The summed E-state index contributed by atoms with van der Waals surface area (Å²) in [5.74, 6) is -0.588. The van der Waals surface area contributed by atoms with Crippen LogP contribution in [-0.4, -0.2) is 24.8 Å². The van der Waals surface area contributed by atoms with Gasteiger partial charge in [-0.15, -0.1) is 0 Å². The highest BCUT2D eigenvalue weighted by Gasteiger charge is 2.23. The number of esters is 1. The number of methoxy groups -OCH3 is 1. The van der Waals surface area contributed by atoms with Crippen LogP contribution in [0.4, 0.5) is 4.79 Å². The van der Waals surface area contributed by atoms with Gasteiger partial charge in [0.25, 0.3) is 0 Å². The molecule has 0 aromatic carbocycles. The Labute approximate surface area is 116 Å². The number of carbonyl (C=O) groups is 2. The van der Waals surface area contributed by atoms with Crippen molar-refractivity contribution in [3.8, 4) is 0 Å². The molecule has 0 aromatic heterocycles. The van der Waals surface area contributed by atoms with E-state index >= 15 is 0 Å². The van der Waals surface area contributed by atoms with Gasteiger partial charge in [0.1, 0.15) is 11.3 Å². The molecule has 5 nitrogen and oxygen atoms in total. The zero-order valence-corrected chi connectivity index (χ0v) is 13.2. The topological polar surface area (TPSA) is 64.6 Å². The summed E-state index contributed by atoms with van der Waals surface area (Å²) < 4.78 is 10.3. The summed E-state index contributed by atoms with van der Waals surface area (Å²) in [6, 6.07) is 0. The van der Waals surface area contributed by atoms with Crippen molar-refractivity contribution in [1.29, 1.82) is 0 Å². The van der Waals surface area contributed by atoms with Gasteiger partial charge in [-0.3, -0.25) is 5.32 Å². The molecule has 1 N–H and O–H groups in total. The summed E-state index contributed by atoms with van der Waals surface area (Å²) in [5, 5.41) is 2.40. The summed E-state index contributed by atoms with van der Waals surface area (Å²) in [5.41, 5.74) is -0.572. The maximum absolute atomic E-state index is 11.6. The quantitative estimate of drug-likeness (QED) is 0.641. The van der Waals surface area contributed by atoms with Crippen molar-refractivity contribution in [3.05, 3.63) is 10.2 Å². The van der Waals surface area contributed by atoms with Crippen molar-refractivity contribution in [2.45, 2.75) is 40.2 Å². The Morgan fingerprint density at radius 2 is 1.72 bits per heavy atom. The maximum atomic E-state index is 11.6. The van der Waals surface area contributed by atoms with E-state index in [9.17, 15) is 9.59 Å². The number of nitrogens with one attached hydrogen (secondary N) is 1. The molecule has 0 unspecified atom stereocenters. The predicted octanol–water partition coefficient (Wildman–Crippen LogP) is 2.95. The number of halogens is 1. The van der Waals surface area contributed by atoms with Crippen molar-refractivity contribution in [1.82, 2.24) is 5.32 Å². The monoisotopic (exact) mass is 321 g/mol. The third-order valence-corrected chi connectivity index (χ3v) is 3.07. The Hall–Kier alpha value is -1.04. The molecule has 0 fully saturated rings. The third-order valence-electron chi connectivity index (χ3n) is 1.76. The van der Waals surface area contributed by atoms with Gasteiger partial charge >= 0.3 is 12.1 Å². The number of alkyl carbamates (subject to hydrolysis) is 1. The van der Waals surface area contributed by atoms with Crippen LogP contribution in [-0.2, 0) is 14.3 Å². The molecule has 0 spiro atoms. The lowest BCUT2D eigenvalue weighted by Gasteiger charge is -2.20. The van der Waals surface area contributed by atoms with Gasteiger partial charge < -0.3 is 9.47 Å². The molecule has 0 saturated heterocycles. The largest absolute Gasteiger partial charge is 0.464 e. The lowest BCUT2D eigenvalue weighted by atomic mass is 10.2. The van der Waals surface area contributed by atoms with Gasteiger partial charge in [-0.2, -0.15) is 0 Å². The van der Waals surface area contributed by atoms with Crippen LogP contribution in [0.2, 0.25) is 0 Å². The number of allylic oxidation sites excluding steroid dienone is 1. The zero-order chi connectivity index (χ0) is 14.5. The molecule has 18 heavy (non-hydrogen) atoms. The first-order chi connectivity index (χ1) is 8.08. The van der Waals surface area contributed by atoms with Crippen molar-refractivity contribution >= 4 is 28.0 Å². The lowest BCUT2D eigenvalue weighted by Crippen LogP contribution is -2.35. The second-order valence-electron chi connectivity index (χ2n) is 5.00. The summed E-state index contributed by atoms with van der Waals surface area (Å²) in [6.07, 6.45) is -0.694. The van der Waals surface area contributed by atoms with Crippen LogP contribution in [0.1, 0.15) is 34.6 Å². The first-order valence-electron chi connectivity index (χ1n) is 5.56. The van der Waals surface area contributed by atoms with Crippen molar-refractivity contribution in [2.24, 2.45) is 5.92 Å². The zero-order valence-electron chi connectivity index (χ0n) is 11.6. The normalized spacial score (nSPS) is 12.9. The van der Waals surface area contributed by atoms with Gasteiger partial charge in [0.2, 0.25) is 0 Å². The molecule has 0 atom stereocenters. The molecule has 0 heterocycles. The highest BCUT2D eigenvalue weighted by Crippen LogP contribution is 2.21. The molecule has 6 heteroatoms. The number of ether oxygens (including phenoxy) is 2. The van der Waals surface area contributed by atoms with E-state index in [4.69, 9.17) is 4.74 Å². The molecule has 0 aliphatic heterocycles. The van der Waals surface area contributed by atoms with Crippen molar-refractivity contribution < 1.29 is 19.1 Å². The standard InChI is InChI=1S/C12H20BrNO4/c1-7(2)8(13)9(10(15)17-6)14-11(16)18-12(3,4)5/h7H,1-6H3,(H,14,16)/b9-8+. The van der Waals surface area contributed by atoms with E-state index in [1.165, 1.54) is 7.11 Å². The molecule has 0 rings (SSSR count). The van der Waals surface area contributed by atoms with E-state index in [1.54, 1.807) is 20.8 Å². The van der Waals surface area contributed by atoms with E-state index in [2.05, 4.69) is 26.0 Å². The number of hydrogen-bond acceptors (Lipinski definition) is 4. The van der Waals surface area contributed by atoms with Crippen molar-refractivity contribution in [2.75, 3.05) is 7.11 Å². The SMILES string of the molecule is COC(=O)/C(NC(=O)OC(C)(C)C)=C(\Br)C(C)C. The van der Waals surface area contributed by atoms with Gasteiger partial charge in [0.15, 0.2) is 0 Å². The number of rotatable bonds is 3. The van der Waals surface area contributed by atoms with Crippen LogP contribution in [0.25, 0.3) is 0 Å². The third kappa shape index (κ3) is 6.05. The first-order valence-corrected chi connectivity index (χ1v) is 6.35. The fraction of sp³-hybridized carbons (Fsp3) is 0.667. The fourth-order valence-corrected chi connectivity index (χ4v) is 1.27. The van der Waals surface area contributed by atoms with Gasteiger partial charge in [0.05, 0.1) is 7.11 Å². The molecule has 104 valence electrons. The molecular formula is C12H20BrNO4. The number of hydrogen-bond donors (Lipinski definition) is 1. The Kier molecular flexibility index (Phi) is 6.38. The summed E-state index contributed by atoms with van der Waals surface area (Å²) in [6.45, 7) is 8.98. The molecule has 0 saturated carbocycles. The van der Waals surface area contributed by atoms with Crippen LogP contribution < -0.4 is 5.32 Å². The average molecular weight is 322 g/mol. The second kappa shape index (κ2) is 6.78. The molecule has 0 aliphatic rings. The molecule has 0 bridgehead atoms. The minimum atomic E-state index is -0.694. The van der Waals surface area contributed by atoms with Crippen molar-refractivity contribution in [3.63, 3.8) is 0 Å². The summed E-state index contributed by atoms with van der Waals surface area (Å²) in [7, 11) is 1.25. The minimum absolute atomic E-state index is 0.0361. The van der Waals surface area contributed by atoms with Crippen LogP contribution in [0, 0.1) is 5.92 Å². The molecule has 0 aliphatic carbocycles. The van der Waals surface area contributed by atoms with Gasteiger partial charge in [-0.1, -0.05) is 29.8 Å². The summed E-state index contributed by atoms with van der Waals surface area (Å²) >= 11 is 3.27. The van der Waals surface area contributed by atoms with E-state index in [0.717, 1.165) is 0 Å². The fourth-order valence-electron chi connectivity index (χ4n) is 1.00. The van der Waals surface area contributed by atoms with E-state index in [1.807, 2.05) is 13.8 Å². The Morgan fingerprint density at radius 3 is 2.06 bits per heavy atom. The molecule has 0 aromatic rings. The Balaban J connectivity index is 5.00. The van der Waals surface area contributed by atoms with Crippen LogP contribution in [0.5, 0.6) is 0 Å². The van der Waals surface area contributed by atoms with Crippen LogP contribution >= 0.6 is 15.9 Å². The highest BCUT2D eigenvalue weighted by atomic mass is 79.9. The summed E-state index contributed by atoms with van der Waals surface area (Å²) in [4.78, 5) is 23.2. The Morgan fingerprint density at radius 1 is 1.22 bits per heavy atom. The average Bonchev–Trinajstić information content (AvgIpc) is 2.21. The number of carbonyl (C=O) groups excluding carboxylic acids is 2. The smallest absolute Gasteiger partial charge is 0.412 e. The maximum Gasteiger partial charge on any atom is 0.412 e. The molecule has 0 radical (unpaired) electrons. The van der Waals surface area contributed by atoms with Gasteiger partial charge in [-0.05, 0) is 26.7 Å². The van der Waals surface area contributed by atoms with Gasteiger partial charge in [0, 0.05) is 4.48 Å². The predicted molar refractivity (Wildman–Crippen MR) is 72.2 cm³/mol. The first kappa shape index (κ1) is 17.0. The van der Waals surface area contributed by atoms with E-state index in [-0.39, 0.29) is 11.6 Å². The van der Waals surface area contributed by atoms with E-state index in [0.29, 0.717) is 4.48 Å². The van der Waals surface area contributed by atoms with Crippen LogP contribution in [0.15, 0.2) is 10.2 Å². The molecular weight excluding hydrogens is 302 g/mol. The number of amides is 1. The molecule has 1 amide bonds. The minimum Gasteiger partial charge on any atom is -0.464 e. The highest BCUT2D eigenvalue weighted by molar-refractivity contribution is 9.11. The van der Waals surface area contributed by atoms with Crippen LogP contribution in [0.3, 0.4) is 0 Å². The van der Waals surface area contributed by atoms with Gasteiger partial charge in [-0.25, -0.2) is 9.59 Å². The lowest BCUT2D eigenvalue weighted by molar-refractivity contribution is -0.136. The second-order valence-corrected chi connectivity index (χ2v) is 5.85.